The molecule has 1 N–H and O–H groups in total. The lowest BCUT2D eigenvalue weighted by Crippen LogP contribution is -2.20. The standard InChI is InChI=1S/C13H17BrF3NO/c1-18-9-12(10-4-2-5-11(14)8-10)19-7-3-6-13(15,16)17/h2,4-5,8,12,18H,3,6-7,9H2,1H3. The molecule has 1 unspecified atom stereocenters. The van der Waals surface area contributed by atoms with Crippen LogP contribution in [-0.2, 0) is 4.74 Å². The lowest BCUT2D eigenvalue weighted by molar-refractivity contribution is -0.138. The summed E-state index contributed by atoms with van der Waals surface area (Å²) in [6.07, 6.45) is -5.18. The van der Waals surface area contributed by atoms with Gasteiger partial charge in [0.25, 0.3) is 0 Å². The minimum absolute atomic E-state index is 0.0162. The Morgan fingerprint density at radius 3 is 2.68 bits per heavy atom. The van der Waals surface area contributed by atoms with Crippen molar-refractivity contribution in [1.82, 2.24) is 5.32 Å². The molecule has 0 fully saturated rings. The van der Waals surface area contributed by atoms with Crippen molar-refractivity contribution in [2.24, 2.45) is 0 Å². The molecule has 0 saturated heterocycles. The number of benzene rings is 1. The number of halogens is 4. The van der Waals surface area contributed by atoms with E-state index in [0.29, 0.717) is 6.54 Å². The zero-order valence-corrected chi connectivity index (χ0v) is 12.2. The van der Waals surface area contributed by atoms with Crippen LogP contribution in [-0.4, -0.2) is 26.4 Å². The summed E-state index contributed by atoms with van der Waals surface area (Å²) in [6.45, 7) is 0.654. The first-order valence-electron chi connectivity index (χ1n) is 6.01. The molecule has 6 heteroatoms. The van der Waals surface area contributed by atoms with Crippen LogP contribution < -0.4 is 5.32 Å². The Bertz CT molecular complexity index is 384. The first-order chi connectivity index (χ1) is 8.92. The highest BCUT2D eigenvalue weighted by Gasteiger charge is 2.26. The van der Waals surface area contributed by atoms with Crippen molar-refractivity contribution in [2.75, 3.05) is 20.2 Å². The molecule has 2 nitrogen and oxygen atoms in total. The molecule has 1 rings (SSSR count). The van der Waals surface area contributed by atoms with Crippen LogP contribution in [0.3, 0.4) is 0 Å². The van der Waals surface area contributed by atoms with E-state index in [9.17, 15) is 13.2 Å². The molecule has 0 saturated carbocycles. The van der Waals surface area contributed by atoms with Crippen molar-refractivity contribution < 1.29 is 17.9 Å². The molecule has 108 valence electrons. The summed E-state index contributed by atoms with van der Waals surface area (Å²) >= 11 is 3.36. The zero-order valence-electron chi connectivity index (χ0n) is 10.6. The van der Waals surface area contributed by atoms with Crippen LogP contribution in [0.15, 0.2) is 28.7 Å². The predicted molar refractivity (Wildman–Crippen MR) is 72.1 cm³/mol. The minimum Gasteiger partial charge on any atom is -0.372 e. The van der Waals surface area contributed by atoms with Gasteiger partial charge in [0.1, 0.15) is 0 Å². The molecule has 1 aromatic carbocycles. The minimum atomic E-state index is -4.11. The van der Waals surface area contributed by atoms with Gasteiger partial charge in [-0.2, -0.15) is 13.2 Å². The van der Waals surface area contributed by atoms with E-state index in [1.807, 2.05) is 24.3 Å². The van der Waals surface area contributed by atoms with Gasteiger partial charge in [-0.15, -0.1) is 0 Å². The van der Waals surface area contributed by atoms with Crippen LogP contribution in [0.25, 0.3) is 0 Å². The maximum absolute atomic E-state index is 12.0. The molecule has 0 aliphatic rings. The summed E-state index contributed by atoms with van der Waals surface area (Å²) < 4.78 is 42.5. The number of nitrogens with one attached hydrogen (secondary N) is 1. The van der Waals surface area contributed by atoms with Crippen molar-refractivity contribution >= 4 is 15.9 Å². The van der Waals surface area contributed by atoms with Crippen molar-refractivity contribution in [3.05, 3.63) is 34.3 Å². The van der Waals surface area contributed by atoms with E-state index < -0.39 is 12.6 Å². The lowest BCUT2D eigenvalue weighted by Gasteiger charge is -2.18. The van der Waals surface area contributed by atoms with Gasteiger partial charge in [-0.3, -0.25) is 0 Å². The van der Waals surface area contributed by atoms with Crippen LogP contribution in [0, 0.1) is 0 Å². The number of rotatable bonds is 7. The van der Waals surface area contributed by atoms with Crippen LogP contribution in [0.2, 0.25) is 0 Å². The first kappa shape index (κ1) is 16.5. The number of hydrogen-bond donors (Lipinski definition) is 1. The van der Waals surface area contributed by atoms with Crippen LogP contribution >= 0.6 is 15.9 Å². The second-order valence-electron chi connectivity index (χ2n) is 4.19. The van der Waals surface area contributed by atoms with E-state index in [-0.39, 0.29) is 19.1 Å². The van der Waals surface area contributed by atoms with Crippen LogP contribution in [0.1, 0.15) is 24.5 Å². The Morgan fingerprint density at radius 2 is 2.11 bits per heavy atom. The normalized spacial score (nSPS) is 13.5. The van der Waals surface area contributed by atoms with E-state index in [2.05, 4.69) is 21.2 Å². The smallest absolute Gasteiger partial charge is 0.372 e. The Balaban J connectivity index is 2.49. The van der Waals surface area contributed by atoms with Gasteiger partial charge < -0.3 is 10.1 Å². The van der Waals surface area contributed by atoms with Gasteiger partial charge in [-0.1, -0.05) is 28.1 Å². The van der Waals surface area contributed by atoms with Gasteiger partial charge in [0, 0.05) is 24.0 Å². The highest BCUT2D eigenvalue weighted by Crippen LogP contribution is 2.24. The predicted octanol–water partition coefficient (Wildman–Crippen LogP) is 4.07. The first-order valence-corrected chi connectivity index (χ1v) is 6.80. The third kappa shape index (κ3) is 6.94. The van der Waals surface area contributed by atoms with Crippen molar-refractivity contribution in [1.29, 1.82) is 0 Å². The third-order valence-corrected chi connectivity index (χ3v) is 3.03. The molecular formula is C13H17BrF3NO. The molecule has 0 amide bonds. The fraction of sp³-hybridized carbons (Fsp3) is 0.538. The highest BCUT2D eigenvalue weighted by atomic mass is 79.9. The van der Waals surface area contributed by atoms with E-state index in [0.717, 1.165) is 10.0 Å². The highest BCUT2D eigenvalue weighted by molar-refractivity contribution is 9.10. The monoisotopic (exact) mass is 339 g/mol. The quantitative estimate of drug-likeness (QED) is 0.756. The van der Waals surface area contributed by atoms with Crippen molar-refractivity contribution in [3.8, 4) is 0 Å². The Morgan fingerprint density at radius 1 is 1.37 bits per heavy atom. The van der Waals surface area contributed by atoms with E-state index in [1.165, 1.54) is 0 Å². The Hall–Kier alpha value is -0.590. The molecule has 0 radical (unpaired) electrons. The lowest BCUT2D eigenvalue weighted by atomic mass is 10.1. The maximum Gasteiger partial charge on any atom is 0.389 e. The summed E-state index contributed by atoms with van der Waals surface area (Å²) in [5.74, 6) is 0. The molecule has 1 atom stereocenters. The van der Waals surface area contributed by atoms with Gasteiger partial charge in [0.2, 0.25) is 0 Å². The summed E-state index contributed by atoms with van der Waals surface area (Å²) in [4.78, 5) is 0. The molecule has 0 heterocycles. The molecule has 19 heavy (non-hydrogen) atoms. The molecular weight excluding hydrogens is 323 g/mol. The molecule has 0 bridgehead atoms. The molecule has 0 aromatic heterocycles. The maximum atomic E-state index is 12.0. The van der Waals surface area contributed by atoms with Crippen molar-refractivity contribution in [3.63, 3.8) is 0 Å². The Labute approximate surface area is 119 Å². The summed E-state index contributed by atoms with van der Waals surface area (Å²) in [7, 11) is 1.78. The Kier molecular flexibility index (Phi) is 6.82. The van der Waals surface area contributed by atoms with Gasteiger partial charge in [0.05, 0.1) is 6.10 Å². The molecule has 0 spiro atoms. The summed E-state index contributed by atoms with van der Waals surface area (Å²) in [5, 5.41) is 2.98. The number of hydrogen-bond acceptors (Lipinski definition) is 2. The topological polar surface area (TPSA) is 21.3 Å². The third-order valence-electron chi connectivity index (χ3n) is 2.53. The second kappa shape index (κ2) is 7.87. The van der Waals surface area contributed by atoms with E-state index in [1.54, 1.807) is 7.05 Å². The van der Waals surface area contributed by atoms with Gasteiger partial charge in [-0.25, -0.2) is 0 Å². The number of ether oxygens (including phenoxy) is 1. The SMILES string of the molecule is CNCC(OCCCC(F)(F)F)c1cccc(Br)c1. The number of likely N-dealkylation sites (N-methyl/N-ethyl adjacent to an activating group) is 1. The summed E-state index contributed by atoms with van der Waals surface area (Å²) in [5.41, 5.74) is 0.940. The summed E-state index contributed by atoms with van der Waals surface area (Å²) in [6, 6.07) is 7.58. The largest absolute Gasteiger partial charge is 0.389 e. The average Bonchev–Trinajstić information content (AvgIpc) is 2.32. The van der Waals surface area contributed by atoms with E-state index >= 15 is 0 Å². The van der Waals surface area contributed by atoms with Gasteiger partial charge >= 0.3 is 6.18 Å². The zero-order chi connectivity index (χ0) is 14.3. The van der Waals surface area contributed by atoms with Crippen molar-refractivity contribution in [2.45, 2.75) is 25.1 Å². The average molecular weight is 340 g/mol. The number of alkyl halides is 3. The molecule has 0 aliphatic carbocycles. The van der Waals surface area contributed by atoms with Gasteiger partial charge in [0.15, 0.2) is 0 Å². The van der Waals surface area contributed by atoms with Gasteiger partial charge in [-0.05, 0) is 31.2 Å². The molecule has 1 aromatic rings. The molecule has 0 aliphatic heterocycles. The fourth-order valence-electron chi connectivity index (χ4n) is 1.66. The second-order valence-corrected chi connectivity index (χ2v) is 5.11. The van der Waals surface area contributed by atoms with Crippen LogP contribution in [0.5, 0.6) is 0 Å². The fourth-order valence-corrected chi connectivity index (χ4v) is 2.08. The van der Waals surface area contributed by atoms with E-state index in [4.69, 9.17) is 4.74 Å². The van der Waals surface area contributed by atoms with Crippen LogP contribution in [0.4, 0.5) is 13.2 Å².